The molecule has 1 aromatic carbocycles. The molecule has 0 saturated carbocycles. The average Bonchev–Trinajstić information content (AvgIpc) is 3.41. The van der Waals surface area contributed by atoms with Crippen molar-refractivity contribution in [2.45, 2.75) is 95.5 Å². The second-order valence-corrected chi connectivity index (χ2v) is 14.2. The van der Waals surface area contributed by atoms with E-state index < -0.39 is 41.2 Å². The number of aliphatic hydroxyl groups is 1. The molecule has 3 fully saturated rings. The zero-order valence-corrected chi connectivity index (χ0v) is 25.5. The van der Waals surface area contributed by atoms with Crippen LogP contribution in [0.25, 0.3) is 0 Å². The van der Waals surface area contributed by atoms with E-state index in [0.29, 0.717) is 24.5 Å². The van der Waals surface area contributed by atoms with Gasteiger partial charge in [-0.3, -0.25) is 14.4 Å². The van der Waals surface area contributed by atoms with Gasteiger partial charge in [-0.05, 0) is 70.2 Å². The van der Waals surface area contributed by atoms with E-state index >= 15 is 0 Å². The van der Waals surface area contributed by atoms with Gasteiger partial charge in [-0.2, -0.15) is 0 Å². The number of aliphatic hydroxyl groups excluding tert-OH is 1. The zero-order valence-electron chi connectivity index (χ0n) is 23.9. The van der Waals surface area contributed by atoms with Crippen molar-refractivity contribution in [3.8, 4) is 5.75 Å². The lowest BCUT2D eigenvalue weighted by atomic mass is 9.70. The number of nitrogens with zero attached hydrogens (tertiary/aromatic N) is 1. The van der Waals surface area contributed by atoms with Gasteiger partial charge in [-0.1, -0.05) is 36.7 Å². The molecule has 10 heteroatoms. The van der Waals surface area contributed by atoms with Crippen LogP contribution < -0.4 is 15.4 Å². The molecule has 7 atom stereocenters. The number of nitrogens with one attached hydrogen (secondary N) is 2. The quantitative estimate of drug-likeness (QED) is 0.370. The SMILES string of the molecule is CCOc1ccc(NC(=O)[C@H]2[C@H]3C(=O)N([C@H](C)CO)C(C(=O)NC(C)(C)CC(C)(C)C)C34CC(Br)[C@@H]2O4)cc1. The number of rotatable bonds is 9. The summed E-state index contributed by atoms with van der Waals surface area (Å²) in [7, 11) is 0. The van der Waals surface area contributed by atoms with E-state index in [0.717, 1.165) is 6.42 Å². The standard InChI is InChI=1S/C29H42BrN3O6/c1-8-38-18-11-9-17(10-12-18)31-24(35)20-21-26(37)33(16(2)14-34)23(29(21)13-19(30)22(20)39-29)25(36)32-28(6,7)15-27(3,4)5/h9-12,16,19-23,34H,8,13-15H2,1-7H3,(H,31,35)(H,32,36)/t16-,19?,20+,21+,22+,23?,29?/m1/s1. The van der Waals surface area contributed by atoms with Gasteiger partial charge < -0.3 is 30.1 Å². The highest BCUT2D eigenvalue weighted by molar-refractivity contribution is 9.09. The fourth-order valence-electron chi connectivity index (χ4n) is 7.03. The van der Waals surface area contributed by atoms with Gasteiger partial charge in [0.1, 0.15) is 17.4 Å². The highest BCUT2D eigenvalue weighted by Gasteiger charge is 2.77. The van der Waals surface area contributed by atoms with E-state index in [-0.39, 0.29) is 34.6 Å². The summed E-state index contributed by atoms with van der Waals surface area (Å²) in [6.45, 7) is 14.1. The summed E-state index contributed by atoms with van der Waals surface area (Å²) in [5.74, 6) is -1.93. The summed E-state index contributed by atoms with van der Waals surface area (Å²) in [6, 6.07) is 5.47. The third-order valence-corrected chi connectivity index (χ3v) is 8.73. The lowest BCUT2D eigenvalue weighted by Crippen LogP contribution is -2.61. The number of hydrogen-bond acceptors (Lipinski definition) is 6. The number of amides is 3. The third-order valence-electron chi connectivity index (χ3n) is 7.88. The van der Waals surface area contributed by atoms with Crippen LogP contribution in [0.1, 0.15) is 61.3 Å². The fraction of sp³-hybridized carbons (Fsp3) is 0.690. The number of likely N-dealkylation sites (tertiary alicyclic amines) is 1. The van der Waals surface area contributed by atoms with Gasteiger partial charge >= 0.3 is 0 Å². The van der Waals surface area contributed by atoms with Gasteiger partial charge in [0.25, 0.3) is 0 Å². The van der Waals surface area contributed by atoms with Gasteiger partial charge in [0.05, 0.1) is 37.2 Å². The van der Waals surface area contributed by atoms with Crippen LogP contribution in [-0.4, -0.2) is 75.1 Å². The van der Waals surface area contributed by atoms with Crippen molar-refractivity contribution in [2.24, 2.45) is 17.3 Å². The predicted octanol–water partition coefficient (Wildman–Crippen LogP) is 3.48. The highest BCUT2D eigenvalue weighted by Crippen LogP contribution is 2.60. The Hall–Kier alpha value is -2.17. The topological polar surface area (TPSA) is 117 Å². The summed E-state index contributed by atoms with van der Waals surface area (Å²) in [6.07, 6.45) is 0.565. The van der Waals surface area contributed by atoms with Gasteiger partial charge in [0.15, 0.2) is 0 Å². The van der Waals surface area contributed by atoms with Crippen LogP contribution in [0.5, 0.6) is 5.75 Å². The molecule has 3 amide bonds. The minimum Gasteiger partial charge on any atom is -0.494 e. The molecule has 3 aliphatic heterocycles. The summed E-state index contributed by atoms with van der Waals surface area (Å²) < 4.78 is 12.0. The van der Waals surface area contributed by atoms with Crippen molar-refractivity contribution in [3.05, 3.63) is 24.3 Å². The molecule has 1 spiro atoms. The number of fused-ring (bicyclic) bond motifs is 1. The normalized spacial score (nSPS) is 30.7. The van der Waals surface area contributed by atoms with Crippen LogP contribution in [0, 0.1) is 17.3 Å². The van der Waals surface area contributed by atoms with Crippen molar-refractivity contribution in [1.82, 2.24) is 10.2 Å². The minimum atomic E-state index is -1.18. The molecule has 39 heavy (non-hydrogen) atoms. The monoisotopic (exact) mass is 607 g/mol. The molecule has 3 heterocycles. The summed E-state index contributed by atoms with van der Waals surface area (Å²) in [4.78, 5) is 43.0. The summed E-state index contributed by atoms with van der Waals surface area (Å²) in [5, 5.41) is 16.2. The Balaban J connectivity index is 1.65. The highest BCUT2D eigenvalue weighted by atomic mass is 79.9. The van der Waals surface area contributed by atoms with E-state index in [1.54, 1.807) is 31.2 Å². The Morgan fingerprint density at radius 3 is 2.41 bits per heavy atom. The van der Waals surface area contributed by atoms with E-state index in [2.05, 4.69) is 47.3 Å². The summed E-state index contributed by atoms with van der Waals surface area (Å²) >= 11 is 3.69. The number of ether oxygens (including phenoxy) is 2. The van der Waals surface area contributed by atoms with Gasteiger partial charge in [-0.25, -0.2) is 0 Å². The van der Waals surface area contributed by atoms with Crippen molar-refractivity contribution >= 4 is 39.3 Å². The molecule has 0 aromatic heterocycles. The van der Waals surface area contributed by atoms with E-state index in [1.807, 2.05) is 20.8 Å². The molecule has 3 aliphatic rings. The van der Waals surface area contributed by atoms with E-state index in [4.69, 9.17) is 9.47 Å². The first-order valence-corrected chi connectivity index (χ1v) is 14.7. The molecule has 9 nitrogen and oxygen atoms in total. The zero-order chi connectivity index (χ0) is 28.9. The third kappa shape index (κ3) is 5.57. The lowest BCUT2D eigenvalue weighted by molar-refractivity contribution is -0.145. The molecule has 2 bridgehead atoms. The first kappa shape index (κ1) is 29.8. The lowest BCUT2D eigenvalue weighted by Gasteiger charge is -2.39. The Kier molecular flexibility index (Phi) is 8.15. The van der Waals surface area contributed by atoms with Gasteiger partial charge in [-0.15, -0.1) is 0 Å². The number of halogens is 1. The Labute approximate surface area is 239 Å². The van der Waals surface area contributed by atoms with Crippen molar-refractivity contribution in [2.75, 3.05) is 18.5 Å². The molecular formula is C29H42BrN3O6. The maximum absolute atomic E-state index is 14.0. The van der Waals surface area contributed by atoms with Crippen LogP contribution >= 0.6 is 15.9 Å². The second-order valence-electron chi connectivity index (χ2n) is 13.0. The first-order chi connectivity index (χ1) is 18.1. The number of benzene rings is 1. The molecule has 216 valence electrons. The number of carbonyl (C=O) groups is 3. The van der Waals surface area contributed by atoms with Crippen LogP contribution in [-0.2, 0) is 19.1 Å². The maximum atomic E-state index is 14.0. The van der Waals surface area contributed by atoms with E-state index in [1.165, 1.54) is 4.90 Å². The average molecular weight is 609 g/mol. The van der Waals surface area contributed by atoms with Crippen LogP contribution in [0.15, 0.2) is 24.3 Å². The van der Waals surface area contributed by atoms with E-state index in [9.17, 15) is 19.5 Å². The molecule has 0 aliphatic carbocycles. The largest absolute Gasteiger partial charge is 0.494 e. The number of carbonyl (C=O) groups excluding carboxylic acids is 3. The van der Waals surface area contributed by atoms with Gasteiger partial charge in [0.2, 0.25) is 17.7 Å². The van der Waals surface area contributed by atoms with Crippen LogP contribution in [0.3, 0.4) is 0 Å². The smallest absolute Gasteiger partial charge is 0.246 e. The molecule has 0 radical (unpaired) electrons. The molecule has 3 saturated heterocycles. The summed E-state index contributed by atoms with van der Waals surface area (Å²) in [5.41, 5.74) is -1.18. The molecule has 1 aromatic rings. The molecule has 4 rings (SSSR count). The number of anilines is 1. The first-order valence-electron chi connectivity index (χ1n) is 13.7. The molecule has 3 N–H and O–H groups in total. The molecular weight excluding hydrogens is 566 g/mol. The molecule has 3 unspecified atom stereocenters. The van der Waals surface area contributed by atoms with Crippen molar-refractivity contribution < 1.29 is 29.0 Å². The Morgan fingerprint density at radius 2 is 1.85 bits per heavy atom. The number of alkyl halides is 1. The van der Waals surface area contributed by atoms with Crippen molar-refractivity contribution in [1.29, 1.82) is 0 Å². The number of hydrogen-bond donors (Lipinski definition) is 3. The maximum Gasteiger partial charge on any atom is 0.246 e. The second kappa shape index (κ2) is 10.7. The predicted molar refractivity (Wildman–Crippen MR) is 152 cm³/mol. The Bertz CT molecular complexity index is 1100. The van der Waals surface area contributed by atoms with Crippen molar-refractivity contribution in [3.63, 3.8) is 0 Å². The Morgan fingerprint density at radius 1 is 1.21 bits per heavy atom. The van der Waals surface area contributed by atoms with Gasteiger partial charge in [0, 0.05) is 16.1 Å². The van der Waals surface area contributed by atoms with Crippen LogP contribution in [0.4, 0.5) is 5.69 Å². The fourth-order valence-corrected chi connectivity index (χ4v) is 7.97. The van der Waals surface area contributed by atoms with Crippen LogP contribution in [0.2, 0.25) is 0 Å². The minimum absolute atomic E-state index is 0.0332.